The van der Waals surface area contributed by atoms with E-state index in [0.717, 1.165) is 57.6 Å². The zero-order valence-corrected chi connectivity index (χ0v) is 36.2. The monoisotopic (exact) mass is 866 g/mol. The summed E-state index contributed by atoms with van der Waals surface area (Å²) in [4.78, 5) is 5.21. The molecule has 0 N–H and O–H groups in total. The van der Waals surface area contributed by atoms with E-state index in [2.05, 4.69) is 20.8 Å². The van der Waals surface area contributed by atoms with Crippen LogP contribution < -0.4 is 5.46 Å². The highest BCUT2D eigenvalue weighted by molar-refractivity contribution is 6.66. The molecule has 7 rings (SSSR count). The maximum Gasteiger partial charge on any atom is 0.456 e. The molecule has 5 aromatic carbocycles. The fourth-order valence-corrected chi connectivity index (χ4v) is 7.76. The highest BCUT2D eigenvalue weighted by atomic mass is 19.4. The number of hydrogen-bond acceptors (Lipinski definition) is 2. The van der Waals surface area contributed by atoms with Gasteiger partial charge in [0.1, 0.15) is 6.61 Å². The lowest BCUT2D eigenvalue weighted by molar-refractivity contribution is -0.290. The molecule has 0 aliphatic carbocycles. The third-order valence-electron chi connectivity index (χ3n) is 11.4. The average molecular weight is 867 g/mol. The summed E-state index contributed by atoms with van der Waals surface area (Å²) in [6.45, 7) is 14.0. The van der Waals surface area contributed by atoms with Gasteiger partial charge in [-0.25, -0.2) is 4.99 Å². The number of nitrogens with zero attached hydrogens (tertiary/aromatic N) is 2. The predicted molar refractivity (Wildman–Crippen MR) is 238 cm³/mol. The summed E-state index contributed by atoms with van der Waals surface area (Å²) in [5, 5.41) is 0. The molecular weight excluding hydrogens is 819 g/mol. The Hall–Kier alpha value is -5.75. The molecule has 63 heavy (non-hydrogen) atoms. The first-order valence-corrected chi connectivity index (χ1v) is 20.5. The molecule has 326 valence electrons. The number of aliphatic imine (C=N–C) groups is 1. The van der Waals surface area contributed by atoms with Crippen LogP contribution in [0.15, 0.2) is 132 Å². The SMILES string of the molecule is C/C(=C1/N=C(c2ccc(C)cc2)c2ccccc21)c1c(-c2ccc(C(C)(C)C)cc2)cc(-c2ccc(C(C)(C)C)cc2)n1B(OCC(F)(F)C(F)(F)F)c1ccc(C(F)(F)F)cc1. The van der Waals surface area contributed by atoms with E-state index in [1.807, 2.05) is 131 Å². The van der Waals surface area contributed by atoms with Gasteiger partial charge in [0, 0.05) is 33.6 Å². The van der Waals surface area contributed by atoms with E-state index in [1.165, 1.54) is 4.48 Å². The van der Waals surface area contributed by atoms with E-state index in [0.29, 0.717) is 45.1 Å². The van der Waals surface area contributed by atoms with Gasteiger partial charge in [0.05, 0.1) is 17.0 Å². The second-order valence-electron chi connectivity index (χ2n) is 18.1. The van der Waals surface area contributed by atoms with Crippen molar-refractivity contribution in [1.82, 2.24) is 4.48 Å². The molecule has 0 amide bonds. The smallest absolute Gasteiger partial charge is 0.406 e. The van der Waals surface area contributed by atoms with Crippen molar-refractivity contribution in [2.45, 2.75) is 84.5 Å². The van der Waals surface area contributed by atoms with Crippen molar-refractivity contribution >= 4 is 29.5 Å². The first-order chi connectivity index (χ1) is 29.3. The van der Waals surface area contributed by atoms with Gasteiger partial charge in [-0.15, -0.1) is 0 Å². The molecule has 0 atom stereocenters. The number of allylic oxidation sites excluding steroid dienone is 1. The zero-order chi connectivity index (χ0) is 45.9. The molecule has 3 nitrogen and oxygen atoms in total. The third kappa shape index (κ3) is 9.19. The first-order valence-electron chi connectivity index (χ1n) is 20.5. The fraction of sp³-hybridized carbons (Fsp3) is 0.275. The highest BCUT2D eigenvalue weighted by Gasteiger charge is 2.58. The topological polar surface area (TPSA) is 26.5 Å². The maximum atomic E-state index is 15.0. The van der Waals surface area contributed by atoms with E-state index in [9.17, 15) is 35.1 Å². The lowest BCUT2D eigenvalue weighted by Gasteiger charge is -2.27. The lowest BCUT2D eigenvalue weighted by atomic mass is 9.71. The van der Waals surface area contributed by atoms with Gasteiger partial charge < -0.3 is 9.13 Å². The van der Waals surface area contributed by atoms with Crippen LogP contribution in [0.5, 0.6) is 0 Å². The summed E-state index contributed by atoms with van der Waals surface area (Å²) >= 11 is 0. The fourth-order valence-electron chi connectivity index (χ4n) is 7.76. The Balaban J connectivity index is 1.60. The van der Waals surface area contributed by atoms with Crippen molar-refractivity contribution in [1.29, 1.82) is 0 Å². The van der Waals surface area contributed by atoms with Gasteiger partial charge in [-0.2, -0.15) is 35.1 Å². The van der Waals surface area contributed by atoms with Gasteiger partial charge in [0.2, 0.25) is 0 Å². The minimum Gasteiger partial charge on any atom is -0.406 e. The van der Waals surface area contributed by atoms with Crippen molar-refractivity contribution in [2.75, 3.05) is 6.61 Å². The molecule has 0 saturated heterocycles. The molecule has 12 heteroatoms. The number of rotatable bonds is 9. The van der Waals surface area contributed by atoms with Crippen molar-refractivity contribution in [3.8, 4) is 22.4 Å². The molecule has 0 saturated carbocycles. The van der Waals surface area contributed by atoms with Crippen LogP contribution in [0.3, 0.4) is 0 Å². The Morgan fingerprint density at radius 3 is 1.59 bits per heavy atom. The molecule has 0 bridgehead atoms. The second-order valence-corrected chi connectivity index (χ2v) is 18.1. The molecule has 0 unspecified atom stereocenters. The summed E-state index contributed by atoms with van der Waals surface area (Å²) in [7, 11) is -1.80. The molecule has 0 spiro atoms. The number of benzene rings is 5. The van der Waals surface area contributed by atoms with E-state index >= 15 is 0 Å². The lowest BCUT2D eigenvalue weighted by Crippen LogP contribution is -2.48. The van der Waals surface area contributed by atoms with Gasteiger partial charge in [0.25, 0.3) is 0 Å². The quantitative estimate of drug-likeness (QED) is 0.105. The van der Waals surface area contributed by atoms with E-state index in [-0.39, 0.29) is 16.3 Å². The molecule has 0 fully saturated rings. The summed E-state index contributed by atoms with van der Waals surface area (Å²) in [6.07, 6.45) is -10.7. The van der Waals surface area contributed by atoms with E-state index in [4.69, 9.17) is 9.65 Å². The van der Waals surface area contributed by atoms with Crippen LogP contribution in [0.2, 0.25) is 0 Å². The number of aryl methyl sites for hydroxylation is 1. The van der Waals surface area contributed by atoms with E-state index in [1.54, 1.807) is 6.92 Å². The summed E-state index contributed by atoms with van der Waals surface area (Å²) < 4.78 is 121. The van der Waals surface area contributed by atoms with Crippen molar-refractivity contribution in [3.05, 3.63) is 172 Å². The average Bonchev–Trinajstić information content (AvgIpc) is 3.80. The molecule has 1 aromatic heterocycles. The summed E-state index contributed by atoms with van der Waals surface area (Å²) in [5.41, 5.74) is 8.07. The largest absolute Gasteiger partial charge is 0.456 e. The molecule has 6 aromatic rings. The van der Waals surface area contributed by atoms with Crippen LogP contribution >= 0.6 is 0 Å². The van der Waals surface area contributed by atoms with Gasteiger partial charge >= 0.3 is 25.3 Å². The van der Waals surface area contributed by atoms with Crippen LogP contribution in [-0.4, -0.2) is 35.9 Å². The van der Waals surface area contributed by atoms with Gasteiger partial charge in [0.15, 0.2) is 0 Å². The maximum absolute atomic E-state index is 15.0. The minimum absolute atomic E-state index is 0.0894. The van der Waals surface area contributed by atoms with Crippen LogP contribution in [0.25, 0.3) is 33.7 Å². The molecule has 0 radical (unpaired) electrons. The standard InChI is InChI=1S/C51H47BF8N2O/c1-31-13-15-35(16-14-31)45-41-12-10-9-11-40(41)44(61-45)32(2)46-42(33-17-21-36(22-18-33)47(3,4)5)29-43(34-19-23-37(24-20-34)48(6,7)8)62(46)52(63-30-49(53,54)51(58,59)60)39-27-25-38(26-28-39)50(55,56)57/h9-29H,30H2,1-8H3/b44-32-. The Morgan fingerprint density at radius 2 is 1.08 bits per heavy atom. The third-order valence-corrected chi connectivity index (χ3v) is 11.4. The Bertz CT molecular complexity index is 2680. The van der Waals surface area contributed by atoms with Crippen LogP contribution in [0, 0.1) is 6.92 Å². The number of alkyl halides is 8. The predicted octanol–water partition coefficient (Wildman–Crippen LogP) is 13.9. The van der Waals surface area contributed by atoms with Crippen molar-refractivity contribution in [2.24, 2.45) is 4.99 Å². The van der Waals surface area contributed by atoms with Crippen LogP contribution in [0.4, 0.5) is 35.1 Å². The highest BCUT2D eigenvalue weighted by Crippen LogP contribution is 2.44. The minimum atomic E-state index is -5.98. The first kappa shape index (κ1) is 45.3. The number of fused-ring (bicyclic) bond motifs is 1. The molecular formula is C51H47BF8N2O. The van der Waals surface area contributed by atoms with Crippen LogP contribution in [0.1, 0.15) is 93.1 Å². The Labute approximate surface area is 363 Å². The van der Waals surface area contributed by atoms with Gasteiger partial charge in [-0.1, -0.05) is 168 Å². The second kappa shape index (κ2) is 16.4. The Morgan fingerprint density at radius 1 is 0.587 bits per heavy atom. The van der Waals surface area contributed by atoms with Gasteiger partial charge in [-0.3, -0.25) is 0 Å². The summed E-state index contributed by atoms with van der Waals surface area (Å²) in [5.74, 6) is -5.31. The van der Waals surface area contributed by atoms with Crippen molar-refractivity contribution < 1.29 is 39.8 Å². The molecule has 2 heterocycles. The summed E-state index contributed by atoms with van der Waals surface area (Å²) in [6, 6.07) is 36.2. The van der Waals surface area contributed by atoms with E-state index < -0.39 is 37.5 Å². The number of halogens is 8. The normalized spacial score (nSPS) is 14.4. The molecule has 1 aliphatic rings. The van der Waals surface area contributed by atoms with Crippen LogP contribution in [-0.2, 0) is 21.7 Å². The zero-order valence-electron chi connectivity index (χ0n) is 36.2. The van der Waals surface area contributed by atoms with Gasteiger partial charge in [-0.05, 0) is 64.0 Å². The van der Waals surface area contributed by atoms with Crippen molar-refractivity contribution in [3.63, 3.8) is 0 Å². The molecule has 1 aliphatic heterocycles. The Kier molecular flexibility index (Phi) is 11.8. The number of hydrogen-bond donors (Lipinski definition) is 0. The number of aromatic nitrogens is 1.